The minimum atomic E-state index is -1.19. The molecule has 1 aromatic heterocycles. The van der Waals surface area contributed by atoms with Crippen LogP contribution in [-0.2, 0) is 0 Å². The third-order valence-electron chi connectivity index (χ3n) is 2.29. The predicted molar refractivity (Wildman–Crippen MR) is 61.4 cm³/mol. The van der Waals surface area contributed by atoms with E-state index in [-0.39, 0.29) is 11.1 Å². The fourth-order valence-corrected chi connectivity index (χ4v) is 1.47. The summed E-state index contributed by atoms with van der Waals surface area (Å²) in [5, 5.41) is 17.9. The van der Waals surface area contributed by atoms with Gasteiger partial charge in [0, 0.05) is 18.0 Å². The summed E-state index contributed by atoms with van der Waals surface area (Å²) in [4.78, 5) is 29.7. The number of nitrogens with zero attached hydrogens (tertiary/aromatic N) is 2. The van der Waals surface area contributed by atoms with E-state index in [4.69, 9.17) is 10.2 Å². The normalized spacial score (nSPS) is 10.0. The highest BCUT2D eigenvalue weighted by atomic mass is 16.4. The molecule has 0 unspecified atom stereocenters. The van der Waals surface area contributed by atoms with E-state index < -0.39 is 11.9 Å². The van der Waals surface area contributed by atoms with Gasteiger partial charge in [-0.25, -0.2) is 9.59 Å². The summed E-state index contributed by atoms with van der Waals surface area (Å²) in [5.74, 6) is -2.38. The lowest BCUT2D eigenvalue weighted by Gasteiger charge is -2.04. The van der Waals surface area contributed by atoms with Gasteiger partial charge < -0.3 is 10.2 Å². The zero-order valence-electron chi connectivity index (χ0n) is 9.07. The van der Waals surface area contributed by atoms with Crippen LogP contribution in [0.15, 0.2) is 36.8 Å². The van der Waals surface area contributed by atoms with Crippen LogP contribution in [0, 0.1) is 0 Å². The Hall–Kier alpha value is -2.76. The van der Waals surface area contributed by atoms with E-state index in [1.807, 2.05) is 0 Å². The molecule has 2 N–H and O–H groups in total. The highest BCUT2D eigenvalue weighted by molar-refractivity contribution is 5.95. The Balaban J connectivity index is 2.61. The fraction of sp³-hybridized carbons (Fsp3) is 0. The van der Waals surface area contributed by atoms with Gasteiger partial charge in [-0.05, 0) is 18.2 Å². The van der Waals surface area contributed by atoms with Gasteiger partial charge in [-0.3, -0.25) is 9.97 Å². The van der Waals surface area contributed by atoms with Crippen molar-refractivity contribution >= 4 is 11.9 Å². The Kier molecular flexibility index (Phi) is 3.01. The van der Waals surface area contributed by atoms with Crippen LogP contribution in [0.4, 0.5) is 0 Å². The number of carboxylic acids is 2. The van der Waals surface area contributed by atoms with E-state index in [0.29, 0.717) is 11.3 Å². The number of benzene rings is 1. The average Bonchev–Trinajstić information content (AvgIpc) is 2.39. The number of carboxylic acid groups (broad SMARTS) is 2. The lowest BCUT2D eigenvalue weighted by molar-refractivity contribution is 0.0696. The van der Waals surface area contributed by atoms with E-state index in [9.17, 15) is 9.59 Å². The highest BCUT2D eigenvalue weighted by Crippen LogP contribution is 2.20. The summed E-state index contributed by atoms with van der Waals surface area (Å²) < 4.78 is 0. The standard InChI is InChI=1S/C12H8N2O4/c15-11(16)8-3-7(4-9(5-8)12(17)18)10-6-13-1-2-14-10/h1-6H,(H,15,16)(H,17,18). The first-order valence-corrected chi connectivity index (χ1v) is 4.96. The first-order chi connectivity index (χ1) is 8.58. The summed E-state index contributed by atoms with van der Waals surface area (Å²) in [6.07, 6.45) is 4.36. The molecule has 0 fully saturated rings. The van der Waals surface area contributed by atoms with E-state index >= 15 is 0 Å². The Bertz CT molecular complexity index is 578. The van der Waals surface area contributed by atoms with Crippen molar-refractivity contribution in [3.05, 3.63) is 47.9 Å². The number of rotatable bonds is 3. The van der Waals surface area contributed by atoms with Crippen LogP contribution < -0.4 is 0 Å². The molecule has 1 heterocycles. The second-order valence-corrected chi connectivity index (χ2v) is 3.50. The molecule has 0 aliphatic heterocycles. The number of hydrogen-bond acceptors (Lipinski definition) is 4. The van der Waals surface area contributed by atoms with Crippen LogP contribution in [0.3, 0.4) is 0 Å². The number of hydrogen-bond donors (Lipinski definition) is 2. The minimum Gasteiger partial charge on any atom is -0.478 e. The summed E-state index contributed by atoms with van der Waals surface area (Å²) in [5.41, 5.74) is 0.620. The molecule has 0 aliphatic rings. The van der Waals surface area contributed by atoms with Crippen LogP contribution in [0.25, 0.3) is 11.3 Å². The Labute approximate surface area is 102 Å². The quantitative estimate of drug-likeness (QED) is 0.849. The monoisotopic (exact) mass is 244 g/mol. The average molecular weight is 244 g/mol. The summed E-state index contributed by atoms with van der Waals surface area (Å²) in [7, 11) is 0. The first-order valence-electron chi connectivity index (χ1n) is 4.96. The lowest BCUT2D eigenvalue weighted by atomic mass is 10.0. The summed E-state index contributed by atoms with van der Waals surface area (Å²) in [6, 6.07) is 3.82. The van der Waals surface area contributed by atoms with Gasteiger partial charge in [0.2, 0.25) is 0 Å². The van der Waals surface area contributed by atoms with Crippen molar-refractivity contribution in [2.24, 2.45) is 0 Å². The third-order valence-corrected chi connectivity index (χ3v) is 2.29. The van der Waals surface area contributed by atoms with Gasteiger partial charge in [0.25, 0.3) is 0 Å². The number of aromatic carboxylic acids is 2. The molecule has 0 aliphatic carbocycles. The molecular formula is C12H8N2O4. The van der Waals surface area contributed by atoms with Gasteiger partial charge >= 0.3 is 11.9 Å². The van der Waals surface area contributed by atoms with Crippen molar-refractivity contribution in [1.29, 1.82) is 0 Å². The molecule has 1 aromatic carbocycles. The fourth-order valence-electron chi connectivity index (χ4n) is 1.47. The number of carbonyl (C=O) groups is 2. The molecule has 0 spiro atoms. The van der Waals surface area contributed by atoms with Crippen molar-refractivity contribution in [2.75, 3.05) is 0 Å². The van der Waals surface area contributed by atoms with Gasteiger partial charge in [0.05, 0.1) is 23.0 Å². The first kappa shape index (κ1) is 11.7. The highest BCUT2D eigenvalue weighted by Gasteiger charge is 2.12. The predicted octanol–water partition coefficient (Wildman–Crippen LogP) is 1.54. The van der Waals surface area contributed by atoms with Gasteiger partial charge in [-0.1, -0.05) is 0 Å². The lowest BCUT2D eigenvalue weighted by Crippen LogP contribution is -2.03. The Morgan fingerprint density at radius 3 is 2.00 bits per heavy atom. The van der Waals surface area contributed by atoms with E-state index in [2.05, 4.69) is 9.97 Å². The van der Waals surface area contributed by atoms with Crippen molar-refractivity contribution < 1.29 is 19.8 Å². The van der Waals surface area contributed by atoms with E-state index in [1.165, 1.54) is 30.7 Å². The van der Waals surface area contributed by atoms with Gasteiger partial charge in [-0.2, -0.15) is 0 Å². The largest absolute Gasteiger partial charge is 0.478 e. The Morgan fingerprint density at radius 2 is 1.56 bits per heavy atom. The topological polar surface area (TPSA) is 100 Å². The third kappa shape index (κ3) is 2.32. The molecule has 2 rings (SSSR count). The molecule has 0 amide bonds. The van der Waals surface area contributed by atoms with Crippen molar-refractivity contribution in [3.8, 4) is 11.3 Å². The minimum absolute atomic E-state index is 0.101. The second-order valence-electron chi connectivity index (χ2n) is 3.50. The SMILES string of the molecule is O=C(O)c1cc(C(=O)O)cc(-c2cnccn2)c1. The molecular weight excluding hydrogens is 236 g/mol. The molecule has 0 atom stereocenters. The molecule has 6 heteroatoms. The maximum atomic E-state index is 10.9. The molecule has 18 heavy (non-hydrogen) atoms. The van der Waals surface area contributed by atoms with Gasteiger partial charge in [-0.15, -0.1) is 0 Å². The number of aromatic nitrogens is 2. The summed E-state index contributed by atoms with van der Waals surface area (Å²) in [6.45, 7) is 0. The molecule has 0 saturated carbocycles. The van der Waals surface area contributed by atoms with Gasteiger partial charge in [0.15, 0.2) is 0 Å². The van der Waals surface area contributed by atoms with Crippen LogP contribution in [-0.4, -0.2) is 32.1 Å². The maximum absolute atomic E-state index is 10.9. The zero-order valence-corrected chi connectivity index (χ0v) is 9.07. The molecule has 0 radical (unpaired) electrons. The van der Waals surface area contributed by atoms with Crippen LogP contribution in [0.1, 0.15) is 20.7 Å². The second kappa shape index (κ2) is 4.62. The van der Waals surface area contributed by atoms with Gasteiger partial charge in [0.1, 0.15) is 0 Å². The van der Waals surface area contributed by atoms with Crippen molar-refractivity contribution in [3.63, 3.8) is 0 Å². The molecule has 6 nitrogen and oxygen atoms in total. The van der Waals surface area contributed by atoms with Crippen LogP contribution in [0.5, 0.6) is 0 Å². The van der Waals surface area contributed by atoms with Crippen LogP contribution >= 0.6 is 0 Å². The Morgan fingerprint density at radius 1 is 0.944 bits per heavy atom. The molecule has 0 saturated heterocycles. The molecule has 90 valence electrons. The summed E-state index contributed by atoms with van der Waals surface area (Å²) >= 11 is 0. The molecule has 2 aromatic rings. The van der Waals surface area contributed by atoms with E-state index in [0.717, 1.165) is 6.07 Å². The smallest absolute Gasteiger partial charge is 0.335 e. The molecule has 0 bridgehead atoms. The van der Waals surface area contributed by atoms with E-state index in [1.54, 1.807) is 0 Å². The van der Waals surface area contributed by atoms with Crippen LogP contribution in [0.2, 0.25) is 0 Å². The zero-order chi connectivity index (χ0) is 13.1. The maximum Gasteiger partial charge on any atom is 0.335 e. The van der Waals surface area contributed by atoms with Crippen molar-refractivity contribution in [2.45, 2.75) is 0 Å². The van der Waals surface area contributed by atoms with Crippen molar-refractivity contribution in [1.82, 2.24) is 9.97 Å².